The minimum atomic E-state index is 0.551. The Morgan fingerprint density at radius 1 is 0.208 bits per heavy atom. The summed E-state index contributed by atoms with van der Waals surface area (Å²) in [6.07, 6.45) is 1.85. The Hall–Kier alpha value is -16.6. The van der Waals surface area contributed by atoms with E-state index in [9.17, 15) is 0 Å². The van der Waals surface area contributed by atoms with Gasteiger partial charge < -0.3 is 13.4 Å². The van der Waals surface area contributed by atoms with Gasteiger partial charge >= 0.3 is 0 Å². The van der Waals surface area contributed by atoms with Crippen LogP contribution in [0.15, 0.2) is 409 Å². The number of benzene rings is 15. The Morgan fingerprint density at radius 3 is 1.14 bits per heavy atom. The van der Waals surface area contributed by atoms with Gasteiger partial charge in [0.1, 0.15) is 22.3 Å². The van der Waals surface area contributed by atoms with Crippen LogP contribution < -0.4 is 0 Å². The summed E-state index contributed by atoms with van der Waals surface area (Å²) < 4.78 is 21.6. The molecular formula is C106H66N12O2. The number of pyridine rings is 1. The molecule has 0 aliphatic heterocycles. The van der Waals surface area contributed by atoms with Gasteiger partial charge in [0.25, 0.3) is 0 Å². The largest absolute Gasteiger partial charge is 0.456 e. The lowest BCUT2D eigenvalue weighted by atomic mass is 10.1. The highest BCUT2D eigenvalue weighted by molar-refractivity contribution is 6.27. The van der Waals surface area contributed by atoms with Crippen LogP contribution in [0.2, 0.25) is 0 Å². The number of nitrogens with zero attached hydrogens (tertiary/aromatic N) is 12. The van der Waals surface area contributed by atoms with Crippen molar-refractivity contribution in [1.29, 1.82) is 0 Å². The molecule has 25 aromatic rings. The second-order valence-corrected chi connectivity index (χ2v) is 29.7. The normalized spacial score (nSPS) is 11.7. The van der Waals surface area contributed by atoms with Crippen molar-refractivity contribution >= 4 is 131 Å². The second-order valence-electron chi connectivity index (χ2n) is 29.7. The Morgan fingerprint density at radius 2 is 0.592 bits per heavy atom. The molecule has 0 N–H and O–H groups in total. The Kier molecular flexibility index (Phi) is 16.5. The van der Waals surface area contributed by atoms with Gasteiger partial charge in [-0.3, -0.25) is 18.7 Å². The van der Waals surface area contributed by atoms with Crippen LogP contribution in [0.1, 0.15) is 0 Å². The molecule has 14 heteroatoms. The Balaban J connectivity index is 0.000000105. The zero-order valence-electron chi connectivity index (χ0n) is 64.3. The molecule has 0 aliphatic carbocycles. The second kappa shape index (κ2) is 28.8. The molecule has 0 spiro atoms. The van der Waals surface area contributed by atoms with Crippen LogP contribution in [0.5, 0.6) is 0 Å². The van der Waals surface area contributed by atoms with Gasteiger partial charge in [0, 0.05) is 93.7 Å². The first-order valence-electron chi connectivity index (χ1n) is 40.0. The molecule has 562 valence electrons. The summed E-state index contributed by atoms with van der Waals surface area (Å²) >= 11 is 0. The molecule has 0 radical (unpaired) electrons. The van der Waals surface area contributed by atoms with Crippen molar-refractivity contribution in [3.05, 3.63) is 401 Å². The van der Waals surface area contributed by atoms with Crippen molar-refractivity contribution in [2.75, 3.05) is 0 Å². The van der Waals surface area contributed by atoms with Crippen molar-refractivity contribution in [2.45, 2.75) is 0 Å². The highest BCUT2D eigenvalue weighted by atomic mass is 16.3. The number of hydrogen-bond acceptors (Lipinski definition) is 10. The molecule has 0 saturated carbocycles. The lowest BCUT2D eigenvalue weighted by molar-refractivity contribution is 0.669. The monoisotopic (exact) mass is 1540 g/mol. The van der Waals surface area contributed by atoms with E-state index >= 15 is 0 Å². The third-order valence-electron chi connectivity index (χ3n) is 22.7. The fourth-order valence-corrected chi connectivity index (χ4v) is 17.4. The SMILES string of the molecule is c1ccc(-c2cc(-c3ccccc3)nc(-n3c4ccccc4c4c5oc6ccccc6c5ccc43)n2)cc1.c1ccc(-c2cc(-c3ccccc3)nc(-n3c4ccccc4c4ccc5oc6ccccc6c5c43)n2)cc1.c1ccc(-c2nc(-c3ccccc3)nc(-n3c4cccnc4c4ccc5c(c6ccccc6n5-c5ccccc5)c43)n2)cc1. The number of furan rings is 2. The summed E-state index contributed by atoms with van der Waals surface area (Å²) in [4.78, 5) is 40.6. The number of aromatic nitrogens is 12. The van der Waals surface area contributed by atoms with Crippen LogP contribution in [0.25, 0.3) is 223 Å². The first-order chi connectivity index (χ1) is 59.5. The summed E-state index contributed by atoms with van der Waals surface area (Å²) in [5.41, 5.74) is 23.5. The predicted molar refractivity (Wildman–Crippen MR) is 486 cm³/mol. The van der Waals surface area contributed by atoms with Crippen molar-refractivity contribution in [1.82, 2.24) is 58.1 Å². The van der Waals surface area contributed by atoms with Crippen LogP contribution in [-0.2, 0) is 0 Å². The van der Waals surface area contributed by atoms with Crippen LogP contribution in [0, 0.1) is 0 Å². The van der Waals surface area contributed by atoms with Gasteiger partial charge in [0.2, 0.25) is 17.8 Å². The van der Waals surface area contributed by atoms with E-state index in [4.69, 9.17) is 48.7 Å². The first-order valence-corrected chi connectivity index (χ1v) is 40.0. The Labute approximate surface area is 685 Å². The van der Waals surface area contributed by atoms with Crippen molar-refractivity contribution < 1.29 is 8.83 Å². The minimum absolute atomic E-state index is 0.551. The van der Waals surface area contributed by atoms with Gasteiger partial charge in [-0.15, -0.1) is 0 Å². The summed E-state index contributed by atoms with van der Waals surface area (Å²) in [7, 11) is 0. The molecule has 0 saturated heterocycles. The predicted octanol–water partition coefficient (Wildman–Crippen LogP) is 26.4. The molecule has 120 heavy (non-hydrogen) atoms. The molecule has 0 atom stereocenters. The summed E-state index contributed by atoms with van der Waals surface area (Å²) in [5.74, 6) is 3.05. The molecular weight excluding hydrogens is 1470 g/mol. The molecule has 0 amide bonds. The highest BCUT2D eigenvalue weighted by Crippen LogP contribution is 2.46. The van der Waals surface area contributed by atoms with Gasteiger partial charge in [-0.2, -0.15) is 9.97 Å². The lowest BCUT2D eigenvalue weighted by Gasteiger charge is -2.12. The van der Waals surface area contributed by atoms with Gasteiger partial charge in [-0.25, -0.2) is 24.9 Å². The molecule has 10 heterocycles. The zero-order valence-corrected chi connectivity index (χ0v) is 64.3. The fourth-order valence-electron chi connectivity index (χ4n) is 17.4. The van der Waals surface area contributed by atoms with Crippen molar-refractivity contribution in [3.63, 3.8) is 0 Å². The standard InChI is InChI=1S/C38H24N6.2C34H21N3O/c1-4-13-25(14-5-1)36-40-37(26-15-6-2-7-16-26)42-38(41-36)44-32-21-12-24-39-34(32)29-22-23-31-33(35(29)44)28-19-10-11-20-30(28)43(31)27-17-8-3-9-18-27;1-3-11-22(12-4-1)27-21-28(23-13-5-2-6-14-23)36-34(35-27)37-29-17-9-7-16-26(29)32-30(37)20-19-25-24-15-8-10-18-31(24)38-33(25)32;1-3-11-22(12-4-1)27-21-28(23-13-5-2-6-14-23)36-34(35-27)37-29-17-9-7-15-24(29)25-19-20-31-32(33(25)37)26-16-8-10-18-30(26)38-31/h1-24H;2*1-21H. The van der Waals surface area contributed by atoms with Gasteiger partial charge in [-0.1, -0.05) is 291 Å². The zero-order chi connectivity index (χ0) is 79.1. The van der Waals surface area contributed by atoms with E-state index in [0.717, 1.165) is 193 Å². The van der Waals surface area contributed by atoms with E-state index in [-0.39, 0.29) is 0 Å². The molecule has 0 bridgehead atoms. The molecule has 14 nitrogen and oxygen atoms in total. The van der Waals surface area contributed by atoms with E-state index in [2.05, 4.69) is 249 Å². The molecule has 0 unspecified atom stereocenters. The number of rotatable bonds is 10. The van der Waals surface area contributed by atoms with Crippen molar-refractivity contribution in [3.8, 4) is 91.3 Å². The topological polar surface area (TPSA) is 149 Å². The maximum Gasteiger partial charge on any atom is 0.238 e. The smallest absolute Gasteiger partial charge is 0.238 e. The average Bonchev–Trinajstić information content (AvgIpc) is 1.56. The minimum Gasteiger partial charge on any atom is -0.456 e. The van der Waals surface area contributed by atoms with Crippen LogP contribution in [0.4, 0.5) is 0 Å². The maximum absolute atomic E-state index is 6.45. The maximum atomic E-state index is 6.45. The van der Waals surface area contributed by atoms with E-state index < -0.39 is 0 Å². The first kappa shape index (κ1) is 69.0. The van der Waals surface area contributed by atoms with Crippen LogP contribution in [0.3, 0.4) is 0 Å². The average molecular weight is 1540 g/mol. The van der Waals surface area contributed by atoms with E-state index in [1.165, 1.54) is 0 Å². The van der Waals surface area contributed by atoms with Gasteiger partial charge in [0.05, 0.1) is 83.2 Å². The third-order valence-corrected chi connectivity index (χ3v) is 22.7. The molecule has 0 aliphatic rings. The van der Waals surface area contributed by atoms with Crippen LogP contribution in [-0.4, -0.2) is 58.1 Å². The molecule has 0 fully saturated rings. The van der Waals surface area contributed by atoms with Crippen molar-refractivity contribution in [2.24, 2.45) is 0 Å². The number of fused-ring (bicyclic) bond motifs is 21. The Bertz CT molecular complexity index is 8100. The third kappa shape index (κ3) is 11.6. The fraction of sp³-hybridized carbons (Fsp3) is 0. The van der Waals surface area contributed by atoms with Gasteiger partial charge in [-0.05, 0) is 103 Å². The highest BCUT2D eigenvalue weighted by Gasteiger charge is 2.27. The molecule has 10 aromatic heterocycles. The molecule has 15 aromatic carbocycles. The summed E-state index contributed by atoms with van der Waals surface area (Å²) in [6, 6.07) is 135. The van der Waals surface area contributed by atoms with E-state index in [1.807, 2.05) is 170 Å². The lowest BCUT2D eigenvalue weighted by Crippen LogP contribution is -2.06. The molecule has 25 rings (SSSR count). The number of para-hydroxylation sites is 6. The van der Waals surface area contributed by atoms with E-state index in [0.29, 0.717) is 29.5 Å². The summed E-state index contributed by atoms with van der Waals surface area (Å²) in [6.45, 7) is 0. The van der Waals surface area contributed by atoms with E-state index in [1.54, 1.807) is 0 Å². The number of hydrogen-bond donors (Lipinski definition) is 0. The quantitative estimate of drug-likeness (QED) is 0.129. The van der Waals surface area contributed by atoms with Crippen LogP contribution >= 0.6 is 0 Å². The van der Waals surface area contributed by atoms with Gasteiger partial charge in [0.15, 0.2) is 11.6 Å². The summed E-state index contributed by atoms with van der Waals surface area (Å²) in [5, 5.41) is 12.2.